The highest BCUT2D eigenvalue weighted by Gasteiger charge is 2.61. The lowest BCUT2D eigenvalue weighted by Crippen LogP contribution is -2.24. The zero-order valence-corrected chi connectivity index (χ0v) is 38.2. The van der Waals surface area contributed by atoms with E-state index in [1.807, 2.05) is 39.8 Å². The van der Waals surface area contributed by atoms with Crippen molar-refractivity contribution in [2.75, 3.05) is 26.4 Å². The van der Waals surface area contributed by atoms with Gasteiger partial charge < -0.3 is 24.4 Å². The van der Waals surface area contributed by atoms with Gasteiger partial charge in [0.1, 0.15) is 34.9 Å². The molecule has 0 amide bonds. The van der Waals surface area contributed by atoms with Crippen molar-refractivity contribution >= 4 is 5.97 Å². The summed E-state index contributed by atoms with van der Waals surface area (Å²) in [6.07, 6.45) is 7.19. The molecule has 12 nitrogen and oxygen atoms in total. The van der Waals surface area contributed by atoms with Crippen LogP contribution in [0.1, 0.15) is 77.4 Å². The lowest BCUT2D eigenvalue weighted by atomic mass is 9.94. The summed E-state index contributed by atoms with van der Waals surface area (Å²) in [5.74, 6) is 2.21. The predicted octanol–water partition coefficient (Wildman–Crippen LogP) is 8.80. The molecule has 6 aromatic rings. The Hall–Kier alpha value is -6.48. The molecule has 3 aliphatic rings. The SMILES string of the molecule is Cc1ncc(OC[C@@]2(c3cccc(F)c3)C[C@H]2C(=O)O)c(C)n1.Cc1ncc(OC[C@@]2(c3cccc(F)c3)C[C@H]2C)c(C)n1.Cc1ncc(OC[C@@]2(c3cccc(F)c3)C[C@H]2CO)c(C)n1. The summed E-state index contributed by atoms with van der Waals surface area (Å²) in [5.41, 5.74) is 3.74. The second kappa shape index (κ2) is 19.5. The Labute approximate surface area is 382 Å². The molecule has 0 unspecified atom stereocenters. The first-order valence-corrected chi connectivity index (χ1v) is 21.9. The van der Waals surface area contributed by atoms with Gasteiger partial charge in [0.05, 0.1) is 61.4 Å². The van der Waals surface area contributed by atoms with Crippen LogP contribution in [-0.2, 0) is 21.0 Å². The van der Waals surface area contributed by atoms with Crippen LogP contribution in [-0.4, -0.2) is 72.5 Å². The van der Waals surface area contributed by atoms with Gasteiger partial charge in [0.25, 0.3) is 0 Å². The van der Waals surface area contributed by atoms with Crippen LogP contribution in [0, 0.1) is 76.7 Å². The molecule has 9 rings (SSSR count). The Morgan fingerprint density at radius 1 is 0.591 bits per heavy atom. The molecule has 3 fully saturated rings. The maximum Gasteiger partial charge on any atom is 0.307 e. The third kappa shape index (κ3) is 10.6. The van der Waals surface area contributed by atoms with Crippen LogP contribution < -0.4 is 14.2 Å². The summed E-state index contributed by atoms with van der Waals surface area (Å²) >= 11 is 0. The van der Waals surface area contributed by atoms with Crippen molar-refractivity contribution in [1.29, 1.82) is 0 Å². The number of hydrogen-bond donors (Lipinski definition) is 2. The number of aromatic nitrogens is 6. The van der Waals surface area contributed by atoms with Crippen molar-refractivity contribution in [1.82, 2.24) is 29.9 Å². The Balaban J connectivity index is 0.000000147. The molecular formula is C51H55F3N6O6. The van der Waals surface area contributed by atoms with Gasteiger partial charge in [-0.25, -0.2) is 43.1 Å². The van der Waals surface area contributed by atoms with E-state index in [0.29, 0.717) is 65.7 Å². The minimum Gasteiger partial charge on any atom is -0.489 e. The zero-order valence-electron chi connectivity index (χ0n) is 38.2. The molecule has 346 valence electrons. The lowest BCUT2D eigenvalue weighted by molar-refractivity contribution is -0.139. The van der Waals surface area contributed by atoms with Gasteiger partial charge in [-0.1, -0.05) is 43.3 Å². The van der Waals surface area contributed by atoms with Crippen molar-refractivity contribution in [2.24, 2.45) is 17.8 Å². The summed E-state index contributed by atoms with van der Waals surface area (Å²) in [5, 5.41) is 18.8. The molecule has 0 radical (unpaired) electrons. The number of carbonyl (C=O) groups is 1. The van der Waals surface area contributed by atoms with Crippen LogP contribution in [0.25, 0.3) is 0 Å². The van der Waals surface area contributed by atoms with E-state index in [2.05, 4.69) is 36.8 Å². The minimum absolute atomic E-state index is 0.0727. The van der Waals surface area contributed by atoms with Gasteiger partial charge >= 0.3 is 5.97 Å². The number of rotatable bonds is 14. The number of carboxylic acids is 1. The number of hydrogen-bond acceptors (Lipinski definition) is 11. The average Bonchev–Trinajstić information content (AvgIpc) is 4.23. The molecule has 3 aromatic heterocycles. The fourth-order valence-electron chi connectivity index (χ4n) is 8.75. The maximum atomic E-state index is 13.5. The van der Waals surface area contributed by atoms with Gasteiger partial charge in [0.15, 0.2) is 17.2 Å². The van der Waals surface area contributed by atoms with Crippen LogP contribution in [0.3, 0.4) is 0 Å². The Morgan fingerprint density at radius 2 is 0.955 bits per heavy atom. The minimum atomic E-state index is -0.894. The van der Waals surface area contributed by atoms with Crippen molar-refractivity contribution in [3.63, 3.8) is 0 Å². The summed E-state index contributed by atoms with van der Waals surface area (Å²) in [6, 6.07) is 19.4. The van der Waals surface area contributed by atoms with Crippen LogP contribution in [0.4, 0.5) is 13.2 Å². The summed E-state index contributed by atoms with van der Waals surface area (Å²) in [6.45, 7) is 14.4. The maximum absolute atomic E-state index is 13.5. The molecular weight excluding hydrogens is 850 g/mol. The lowest BCUT2D eigenvalue weighted by Gasteiger charge is -2.19. The first kappa shape index (κ1) is 47.5. The first-order valence-electron chi connectivity index (χ1n) is 21.9. The number of nitrogens with zero attached hydrogens (tertiary/aromatic N) is 6. The van der Waals surface area contributed by atoms with Gasteiger partial charge in [0.2, 0.25) is 0 Å². The highest BCUT2D eigenvalue weighted by molar-refractivity contribution is 5.77. The van der Waals surface area contributed by atoms with E-state index < -0.39 is 17.3 Å². The number of aryl methyl sites for hydroxylation is 6. The molecule has 0 spiro atoms. The number of ether oxygens (including phenoxy) is 3. The molecule has 3 aromatic carbocycles. The monoisotopic (exact) mass is 904 g/mol. The molecule has 66 heavy (non-hydrogen) atoms. The van der Waals surface area contributed by atoms with Crippen molar-refractivity contribution < 1.29 is 42.4 Å². The Kier molecular flexibility index (Phi) is 14.1. The summed E-state index contributed by atoms with van der Waals surface area (Å²) in [7, 11) is 0. The van der Waals surface area contributed by atoms with Gasteiger partial charge in [0, 0.05) is 22.9 Å². The van der Waals surface area contributed by atoms with E-state index in [0.717, 1.165) is 41.2 Å². The second-order valence-corrected chi connectivity index (χ2v) is 17.7. The van der Waals surface area contributed by atoms with Crippen molar-refractivity contribution in [3.8, 4) is 17.2 Å². The van der Waals surface area contributed by atoms with E-state index in [1.165, 1.54) is 30.3 Å². The standard InChI is InChI=1S/C17H17FN2O3.C17H19FN2O2.C17H19FN2O/c1-10-15(8-19-11(2)20-10)23-9-17(7-14(17)16(21)22)12-4-3-5-13(18)6-12;1-11-16(8-19-12(2)20-11)22-10-17(7-14(17)9-21)13-4-3-5-15(18)6-13;1-11-8-17(11,14-5-4-6-15(18)7-14)10-21-16-9-19-13(3)20-12(16)2/h3-6,8,14H,7,9H2,1-2H3,(H,21,22);3-6,8,14,21H,7,9-10H2,1-2H3;4-7,9,11H,8,10H2,1-3H3/t2*14-,17+;11-,17+/m001/s1. The number of carboxylic acid groups (broad SMARTS) is 1. The van der Waals surface area contributed by atoms with Gasteiger partial charge in [-0.2, -0.15) is 0 Å². The molecule has 15 heteroatoms. The molecule has 0 aliphatic heterocycles. The number of aliphatic carboxylic acids is 1. The van der Waals surface area contributed by atoms with Gasteiger partial charge in [-0.05, 0) is 126 Å². The predicted molar refractivity (Wildman–Crippen MR) is 240 cm³/mol. The highest BCUT2D eigenvalue weighted by atomic mass is 19.1. The van der Waals surface area contributed by atoms with Crippen LogP contribution in [0.2, 0.25) is 0 Å². The fourth-order valence-corrected chi connectivity index (χ4v) is 8.75. The van der Waals surface area contributed by atoms with E-state index in [4.69, 9.17) is 14.2 Å². The fraction of sp³-hybridized carbons (Fsp3) is 0.392. The highest BCUT2D eigenvalue weighted by Crippen LogP contribution is 2.56. The number of halogens is 3. The number of benzene rings is 3. The quantitative estimate of drug-likeness (QED) is 0.107. The Bertz CT molecular complexity index is 2710. The number of aliphatic hydroxyl groups is 1. The van der Waals surface area contributed by atoms with E-state index in [9.17, 15) is 28.2 Å². The van der Waals surface area contributed by atoms with Crippen LogP contribution in [0.5, 0.6) is 17.2 Å². The third-order valence-corrected chi connectivity index (χ3v) is 13.1. The van der Waals surface area contributed by atoms with Crippen LogP contribution in [0.15, 0.2) is 91.4 Å². The second-order valence-electron chi connectivity index (χ2n) is 17.7. The van der Waals surface area contributed by atoms with Gasteiger partial charge in [-0.15, -0.1) is 0 Å². The molecule has 0 saturated heterocycles. The molecule has 2 N–H and O–H groups in total. The third-order valence-electron chi connectivity index (χ3n) is 13.1. The van der Waals surface area contributed by atoms with E-state index >= 15 is 0 Å². The Morgan fingerprint density at radius 3 is 1.27 bits per heavy atom. The summed E-state index contributed by atoms with van der Waals surface area (Å²) < 4.78 is 58.1. The topological polar surface area (TPSA) is 163 Å². The molecule has 3 heterocycles. The van der Waals surface area contributed by atoms with Gasteiger partial charge in [-0.3, -0.25) is 4.79 Å². The zero-order chi connectivity index (χ0) is 47.4. The molecule has 0 bridgehead atoms. The smallest absolute Gasteiger partial charge is 0.307 e. The average molecular weight is 905 g/mol. The van der Waals surface area contributed by atoms with E-state index in [1.54, 1.807) is 62.8 Å². The van der Waals surface area contributed by atoms with E-state index in [-0.39, 0.29) is 47.4 Å². The first-order chi connectivity index (χ1) is 31.5. The summed E-state index contributed by atoms with van der Waals surface area (Å²) in [4.78, 5) is 36.6. The normalized spacial score (nSPS) is 23.3. The van der Waals surface area contributed by atoms with Crippen LogP contribution >= 0.6 is 0 Å². The van der Waals surface area contributed by atoms with Crippen molar-refractivity contribution in [2.45, 2.75) is 84.0 Å². The van der Waals surface area contributed by atoms with Crippen molar-refractivity contribution in [3.05, 3.63) is 160 Å². The largest absolute Gasteiger partial charge is 0.489 e. The molecule has 3 saturated carbocycles. The molecule has 3 aliphatic carbocycles. The number of aliphatic hydroxyl groups excluding tert-OH is 1. The molecule has 6 atom stereocenters.